The lowest BCUT2D eigenvalue weighted by molar-refractivity contribution is -0.153. The molecule has 42 heavy (non-hydrogen) atoms. The number of aliphatic hydroxyl groups is 3. The Hall–Kier alpha value is -4.50. The fraction of sp³-hybridized carbons (Fsp3) is 0.355. The van der Waals surface area contributed by atoms with Crippen molar-refractivity contribution in [2.75, 3.05) is 20.6 Å². The van der Waals surface area contributed by atoms with Gasteiger partial charge in [-0.3, -0.25) is 19.3 Å². The van der Waals surface area contributed by atoms with E-state index < -0.39 is 58.0 Å². The fourth-order valence-corrected chi connectivity index (χ4v) is 6.69. The van der Waals surface area contributed by atoms with Gasteiger partial charge in [-0.25, -0.2) is 0 Å². The number of hydrogen-bond donors (Lipinski definition) is 6. The molecule has 2 aromatic rings. The number of nitrogens with one attached hydrogen (secondary N) is 1. The van der Waals surface area contributed by atoms with Gasteiger partial charge in [-0.1, -0.05) is 30.3 Å². The van der Waals surface area contributed by atoms with Gasteiger partial charge in [-0.2, -0.15) is 5.26 Å². The van der Waals surface area contributed by atoms with Crippen LogP contribution in [-0.4, -0.2) is 75.1 Å². The van der Waals surface area contributed by atoms with Crippen LogP contribution in [0.1, 0.15) is 29.5 Å². The molecule has 1 saturated carbocycles. The van der Waals surface area contributed by atoms with Crippen LogP contribution in [0.3, 0.4) is 0 Å². The van der Waals surface area contributed by atoms with Crippen molar-refractivity contribution in [3.05, 3.63) is 70.0 Å². The smallest absolute Gasteiger partial charge is 0.255 e. The summed E-state index contributed by atoms with van der Waals surface area (Å²) < 4.78 is 0. The zero-order valence-corrected chi connectivity index (χ0v) is 23.2. The van der Waals surface area contributed by atoms with Gasteiger partial charge in [-0.05, 0) is 61.2 Å². The normalized spacial score (nSPS) is 25.2. The minimum atomic E-state index is -2.67. The standard InChI is InChI=1S/C31H32N4O7/c1-35(2)25-20-13-17-12-19-18(16-6-4-15(5-7-16)14-34-11-3-10-32)8-9-21(36)23(19)26(37)22(17)28(39)31(20,42)29(40)24(27(25)38)30(33)41/h4-9,17,20,25,34,36-37,40,42H,3,11-14H2,1-2H3,(H2,33,41). The lowest BCUT2D eigenvalue weighted by Gasteiger charge is -2.50. The Morgan fingerprint density at radius 2 is 1.83 bits per heavy atom. The van der Waals surface area contributed by atoms with Crippen LogP contribution in [0.4, 0.5) is 0 Å². The van der Waals surface area contributed by atoms with Crippen LogP contribution in [0.5, 0.6) is 5.75 Å². The lowest BCUT2D eigenvalue weighted by Crippen LogP contribution is -2.65. The first-order valence-corrected chi connectivity index (χ1v) is 13.6. The summed E-state index contributed by atoms with van der Waals surface area (Å²) in [6, 6.07) is 11.8. The SMILES string of the molecule is CN(C)C1C(=O)C(C(N)=O)=C(O)C2(O)C(=O)C3=C(O)c4c(O)ccc(-c5ccc(CNCCC#N)cc5)c4CC3CC12. The average Bonchev–Trinajstić information content (AvgIpc) is 2.93. The number of aromatic hydroxyl groups is 1. The van der Waals surface area contributed by atoms with Gasteiger partial charge in [0.1, 0.15) is 22.8 Å². The molecular formula is C31H32N4O7. The van der Waals surface area contributed by atoms with E-state index >= 15 is 0 Å². The van der Waals surface area contributed by atoms with E-state index in [4.69, 9.17) is 11.0 Å². The second-order valence-electron chi connectivity index (χ2n) is 11.2. The second-order valence-corrected chi connectivity index (χ2v) is 11.2. The number of primary amides is 1. The maximum atomic E-state index is 14.0. The number of hydrogen-bond acceptors (Lipinski definition) is 10. The molecular weight excluding hydrogens is 540 g/mol. The van der Waals surface area contributed by atoms with Crippen molar-refractivity contribution in [1.82, 2.24) is 10.2 Å². The number of carbonyl (C=O) groups is 3. The number of nitriles is 1. The molecule has 4 unspecified atom stereocenters. The van der Waals surface area contributed by atoms with E-state index in [1.54, 1.807) is 20.2 Å². The minimum absolute atomic E-state index is 0.0220. The Morgan fingerprint density at radius 3 is 2.45 bits per heavy atom. The van der Waals surface area contributed by atoms with Crippen molar-refractivity contribution in [2.45, 2.75) is 37.5 Å². The predicted octanol–water partition coefficient (Wildman–Crippen LogP) is 1.63. The first-order chi connectivity index (χ1) is 19.9. The summed E-state index contributed by atoms with van der Waals surface area (Å²) >= 11 is 0. The lowest BCUT2D eigenvalue weighted by atomic mass is 9.57. The molecule has 1 amide bonds. The van der Waals surface area contributed by atoms with Crippen LogP contribution in [0.25, 0.3) is 16.9 Å². The van der Waals surface area contributed by atoms with E-state index in [2.05, 4.69) is 11.4 Å². The fourth-order valence-electron chi connectivity index (χ4n) is 6.69. The quantitative estimate of drug-likeness (QED) is 0.209. The number of phenols is 1. The zero-order chi connectivity index (χ0) is 30.5. The summed E-state index contributed by atoms with van der Waals surface area (Å²) in [6.45, 7) is 1.16. The second kappa shape index (κ2) is 10.7. The molecule has 218 valence electrons. The Labute approximate surface area is 242 Å². The number of phenolic OH excluding ortho intramolecular Hbond substituents is 1. The van der Waals surface area contributed by atoms with Crippen LogP contribution in [0.15, 0.2) is 53.3 Å². The van der Waals surface area contributed by atoms with Gasteiger partial charge in [0.25, 0.3) is 5.91 Å². The molecule has 0 saturated heterocycles. The molecule has 0 aliphatic heterocycles. The Bertz CT molecular complexity index is 1600. The van der Waals surface area contributed by atoms with Crippen LogP contribution < -0.4 is 11.1 Å². The van der Waals surface area contributed by atoms with Crippen molar-refractivity contribution in [3.8, 4) is 22.9 Å². The third kappa shape index (κ3) is 4.36. The van der Waals surface area contributed by atoms with Gasteiger partial charge in [0.2, 0.25) is 5.78 Å². The van der Waals surface area contributed by atoms with E-state index in [1.165, 1.54) is 11.0 Å². The van der Waals surface area contributed by atoms with Crippen molar-refractivity contribution < 1.29 is 34.8 Å². The molecule has 11 heteroatoms. The average molecular weight is 573 g/mol. The number of nitrogens with zero attached hydrogens (tertiary/aromatic N) is 2. The van der Waals surface area contributed by atoms with E-state index in [-0.39, 0.29) is 29.7 Å². The highest BCUT2D eigenvalue weighted by Crippen LogP contribution is 2.53. The topological polar surface area (TPSA) is 197 Å². The van der Waals surface area contributed by atoms with Gasteiger partial charge in [0, 0.05) is 31.0 Å². The number of amides is 1. The Morgan fingerprint density at radius 1 is 1.14 bits per heavy atom. The van der Waals surface area contributed by atoms with Crippen LogP contribution in [0, 0.1) is 23.2 Å². The summed E-state index contributed by atoms with van der Waals surface area (Å²) in [7, 11) is 3.12. The molecule has 3 aliphatic carbocycles. The van der Waals surface area contributed by atoms with Crippen molar-refractivity contribution >= 4 is 23.2 Å². The van der Waals surface area contributed by atoms with Crippen LogP contribution >= 0.6 is 0 Å². The summed E-state index contributed by atoms with van der Waals surface area (Å²) in [5.41, 5.74) is 4.86. The highest BCUT2D eigenvalue weighted by atomic mass is 16.3. The van der Waals surface area contributed by atoms with Gasteiger partial charge in [-0.15, -0.1) is 0 Å². The largest absolute Gasteiger partial charge is 0.508 e. The number of ketones is 2. The molecule has 3 aliphatic rings. The molecule has 0 heterocycles. The third-order valence-corrected chi connectivity index (χ3v) is 8.61. The van der Waals surface area contributed by atoms with Crippen molar-refractivity contribution in [2.24, 2.45) is 17.6 Å². The number of aliphatic hydroxyl groups excluding tert-OH is 2. The highest BCUT2D eigenvalue weighted by molar-refractivity contribution is 6.24. The van der Waals surface area contributed by atoms with E-state index in [9.17, 15) is 34.8 Å². The van der Waals surface area contributed by atoms with Gasteiger partial charge in [0.15, 0.2) is 11.4 Å². The zero-order valence-electron chi connectivity index (χ0n) is 23.2. The molecule has 11 nitrogen and oxygen atoms in total. The Balaban J connectivity index is 1.60. The molecule has 1 fully saturated rings. The number of Topliss-reactive ketones (excluding diaryl/α,β-unsaturated/α-hetero) is 2. The number of nitrogens with two attached hydrogens (primary N) is 1. The summed E-state index contributed by atoms with van der Waals surface area (Å²) in [4.78, 5) is 40.8. The van der Waals surface area contributed by atoms with Gasteiger partial charge >= 0.3 is 0 Å². The van der Waals surface area contributed by atoms with Gasteiger partial charge < -0.3 is 31.5 Å². The van der Waals surface area contributed by atoms with E-state index in [1.807, 2.05) is 24.3 Å². The number of carbonyl (C=O) groups excluding carboxylic acids is 3. The number of likely N-dealkylation sites (N-methyl/N-ethyl adjacent to an activating group) is 1. The molecule has 4 atom stereocenters. The Kier molecular flexibility index (Phi) is 7.41. The van der Waals surface area contributed by atoms with Gasteiger partial charge in [0.05, 0.1) is 17.7 Å². The maximum Gasteiger partial charge on any atom is 0.255 e. The molecule has 0 spiro atoms. The molecule has 2 aromatic carbocycles. The summed E-state index contributed by atoms with van der Waals surface area (Å²) in [5.74, 6) is -6.80. The van der Waals surface area contributed by atoms with Crippen LogP contribution in [-0.2, 0) is 27.3 Å². The first kappa shape index (κ1) is 29.0. The highest BCUT2D eigenvalue weighted by Gasteiger charge is 2.64. The van der Waals surface area contributed by atoms with Crippen molar-refractivity contribution in [3.63, 3.8) is 0 Å². The number of fused-ring (bicyclic) bond motifs is 3. The van der Waals surface area contributed by atoms with Crippen molar-refractivity contribution in [1.29, 1.82) is 5.26 Å². The maximum absolute atomic E-state index is 14.0. The predicted molar refractivity (Wildman–Crippen MR) is 152 cm³/mol. The van der Waals surface area contributed by atoms with Crippen LogP contribution in [0.2, 0.25) is 0 Å². The number of benzene rings is 2. The van der Waals surface area contributed by atoms with E-state index in [0.717, 1.165) is 16.7 Å². The minimum Gasteiger partial charge on any atom is -0.508 e. The number of rotatable bonds is 7. The molecule has 7 N–H and O–H groups in total. The van der Waals surface area contributed by atoms with E-state index in [0.29, 0.717) is 25.1 Å². The summed E-state index contributed by atoms with van der Waals surface area (Å²) in [6.07, 6.45) is 0.633. The first-order valence-electron chi connectivity index (χ1n) is 13.6. The molecule has 0 aromatic heterocycles. The molecule has 0 radical (unpaired) electrons. The summed E-state index contributed by atoms with van der Waals surface area (Å²) in [5, 5.41) is 56.8. The monoisotopic (exact) mass is 572 g/mol. The molecule has 5 rings (SSSR count). The molecule has 0 bridgehead atoms. The third-order valence-electron chi connectivity index (χ3n) is 8.61.